The summed E-state index contributed by atoms with van der Waals surface area (Å²) in [6.45, 7) is 4.74. The topological polar surface area (TPSA) is 16.1 Å². The maximum Gasteiger partial charge on any atom is 0.132 e. The van der Waals surface area contributed by atoms with Crippen LogP contribution in [-0.4, -0.2) is 18.1 Å². The molecule has 2 rings (SSSR count). The standard InChI is InChI=1S/C15H23ClN2/c1-15(2)8-6-13(7-9-15)18(3)14-12(11-16)5-4-10-17-14/h4-5,10,13H,6-9,11H2,1-3H3. The van der Waals surface area contributed by atoms with Gasteiger partial charge in [0.05, 0.1) is 5.88 Å². The van der Waals surface area contributed by atoms with E-state index >= 15 is 0 Å². The van der Waals surface area contributed by atoms with E-state index in [-0.39, 0.29) is 0 Å². The van der Waals surface area contributed by atoms with Crippen LogP contribution in [0.2, 0.25) is 0 Å². The van der Waals surface area contributed by atoms with Crippen molar-refractivity contribution in [3.8, 4) is 0 Å². The van der Waals surface area contributed by atoms with Gasteiger partial charge in [-0.2, -0.15) is 0 Å². The van der Waals surface area contributed by atoms with Crippen LogP contribution in [0.15, 0.2) is 18.3 Å². The Morgan fingerprint density at radius 1 is 1.39 bits per heavy atom. The highest BCUT2D eigenvalue weighted by Crippen LogP contribution is 2.37. The zero-order valence-electron chi connectivity index (χ0n) is 11.6. The van der Waals surface area contributed by atoms with Crippen molar-refractivity contribution < 1.29 is 0 Å². The minimum Gasteiger partial charge on any atom is -0.356 e. The predicted octanol–water partition coefficient (Wildman–Crippen LogP) is 4.23. The van der Waals surface area contributed by atoms with Crippen LogP contribution >= 0.6 is 11.6 Å². The number of aromatic nitrogens is 1. The molecule has 100 valence electrons. The maximum absolute atomic E-state index is 5.99. The van der Waals surface area contributed by atoms with Gasteiger partial charge in [0.25, 0.3) is 0 Å². The molecule has 0 aliphatic heterocycles. The fraction of sp³-hybridized carbons (Fsp3) is 0.667. The Labute approximate surface area is 115 Å². The van der Waals surface area contributed by atoms with Crippen molar-refractivity contribution in [2.75, 3.05) is 11.9 Å². The van der Waals surface area contributed by atoms with E-state index in [1.54, 1.807) is 0 Å². The van der Waals surface area contributed by atoms with Crippen molar-refractivity contribution in [3.63, 3.8) is 0 Å². The lowest BCUT2D eigenvalue weighted by molar-refractivity contribution is 0.222. The van der Waals surface area contributed by atoms with Gasteiger partial charge in [0.1, 0.15) is 5.82 Å². The van der Waals surface area contributed by atoms with Gasteiger partial charge in [-0.15, -0.1) is 11.6 Å². The fourth-order valence-electron chi connectivity index (χ4n) is 2.80. The van der Waals surface area contributed by atoms with Crippen LogP contribution in [0.25, 0.3) is 0 Å². The molecule has 1 heterocycles. The van der Waals surface area contributed by atoms with E-state index in [1.165, 1.54) is 25.7 Å². The van der Waals surface area contributed by atoms with E-state index in [1.807, 2.05) is 12.3 Å². The number of alkyl halides is 1. The van der Waals surface area contributed by atoms with Gasteiger partial charge < -0.3 is 4.90 Å². The zero-order valence-corrected chi connectivity index (χ0v) is 12.4. The summed E-state index contributed by atoms with van der Waals surface area (Å²) in [7, 11) is 2.15. The third-order valence-electron chi connectivity index (χ3n) is 4.20. The summed E-state index contributed by atoms with van der Waals surface area (Å²) in [5.41, 5.74) is 1.64. The van der Waals surface area contributed by atoms with Gasteiger partial charge in [-0.25, -0.2) is 4.98 Å². The molecule has 0 bridgehead atoms. The Morgan fingerprint density at radius 3 is 2.67 bits per heavy atom. The highest BCUT2D eigenvalue weighted by atomic mass is 35.5. The molecule has 2 nitrogen and oxygen atoms in total. The summed E-state index contributed by atoms with van der Waals surface area (Å²) in [6.07, 6.45) is 6.95. The van der Waals surface area contributed by atoms with E-state index in [0.717, 1.165) is 11.4 Å². The molecular formula is C15H23ClN2. The Morgan fingerprint density at radius 2 is 2.06 bits per heavy atom. The van der Waals surface area contributed by atoms with Gasteiger partial charge in [0.15, 0.2) is 0 Å². The van der Waals surface area contributed by atoms with Gasteiger partial charge in [-0.1, -0.05) is 19.9 Å². The van der Waals surface area contributed by atoms with Gasteiger partial charge >= 0.3 is 0 Å². The van der Waals surface area contributed by atoms with Crippen molar-refractivity contribution >= 4 is 17.4 Å². The third-order valence-corrected chi connectivity index (χ3v) is 4.49. The Kier molecular flexibility index (Phi) is 4.16. The smallest absolute Gasteiger partial charge is 0.132 e. The Balaban J connectivity index is 2.10. The molecular weight excluding hydrogens is 244 g/mol. The van der Waals surface area contributed by atoms with Gasteiger partial charge in [-0.3, -0.25) is 0 Å². The van der Waals surface area contributed by atoms with E-state index in [9.17, 15) is 0 Å². The van der Waals surface area contributed by atoms with Gasteiger partial charge in [-0.05, 0) is 37.2 Å². The lowest BCUT2D eigenvalue weighted by atomic mass is 9.75. The molecule has 1 saturated carbocycles. The number of rotatable bonds is 3. The zero-order chi connectivity index (χ0) is 13.2. The van der Waals surface area contributed by atoms with Crippen molar-refractivity contribution in [2.24, 2.45) is 5.41 Å². The van der Waals surface area contributed by atoms with Crippen LogP contribution in [0.5, 0.6) is 0 Å². The Hall–Kier alpha value is -0.760. The summed E-state index contributed by atoms with van der Waals surface area (Å²) >= 11 is 5.99. The molecule has 0 aromatic carbocycles. The number of hydrogen-bond donors (Lipinski definition) is 0. The second-order valence-corrected chi connectivity index (χ2v) is 6.39. The molecule has 0 N–H and O–H groups in total. The van der Waals surface area contributed by atoms with Crippen LogP contribution in [0.1, 0.15) is 45.1 Å². The average molecular weight is 267 g/mol. The third kappa shape index (κ3) is 2.97. The molecule has 1 aliphatic carbocycles. The average Bonchev–Trinajstić information content (AvgIpc) is 2.38. The first-order valence-corrected chi connectivity index (χ1v) is 7.30. The quantitative estimate of drug-likeness (QED) is 0.762. The van der Waals surface area contributed by atoms with Gasteiger partial charge in [0.2, 0.25) is 0 Å². The highest BCUT2D eigenvalue weighted by Gasteiger charge is 2.29. The molecule has 18 heavy (non-hydrogen) atoms. The van der Waals surface area contributed by atoms with Crippen LogP contribution in [0.4, 0.5) is 5.82 Å². The first-order chi connectivity index (χ1) is 8.53. The van der Waals surface area contributed by atoms with Crippen LogP contribution in [-0.2, 0) is 5.88 Å². The number of anilines is 1. The predicted molar refractivity (Wildman–Crippen MR) is 78.2 cm³/mol. The molecule has 0 atom stereocenters. The molecule has 0 saturated heterocycles. The van der Waals surface area contributed by atoms with E-state index in [0.29, 0.717) is 17.3 Å². The van der Waals surface area contributed by atoms with Crippen molar-refractivity contribution in [3.05, 3.63) is 23.9 Å². The number of halogens is 1. The molecule has 0 amide bonds. The van der Waals surface area contributed by atoms with Crippen LogP contribution in [0.3, 0.4) is 0 Å². The minimum atomic E-state index is 0.511. The second kappa shape index (κ2) is 5.48. The lowest BCUT2D eigenvalue weighted by Gasteiger charge is -2.39. The summed E-state index contributed by atoms with van der Waals surface area (Å²) < 4.78 is 0. The highest BCUT2D eigenvalue weighted by molar-refractivity contribution is 6.17. The normalized spacial score (nSPS) is 19.8. The number of nitrogens with zero attached hydrogens (tertiary/aromatic N) is 2. The monoisotopic (exact) mass is 266 g/mol. The van der Waals surface area contributed by atoms with Crippen LogP contribution in [0, 0.1) is 5.41 Å². The molecule has 1 aliphatic rings. The van der Waals surface area contributed by atoms with Crippen LogP contribution < -0.4 is 4.90 Å². The summed E-state index contributed by atoms with van der Waals surface area (Å²) in [5, 5.41) is 0. The molecule has 0 radical (unpaired) electrons. The summed E-state index contributed by atoms with van der Waals surface area (Å²) in [4.78, 5) is 6.83. The Bertz CT molecular complexity index is 393. The van der Waals surface area contributed by atoms with E-state index in [2.05, 4.69) is 36.8 Å². The maximum atomic E-state index is 5.99. The second-order valence-electron chi connectivity index (χ2n) is 6.13. The minimum absolute atomic E-state index is 0.511. The molecule has 0 unspecified atom stereocenters. The van der Waals surface area contributed by atoms with E-state index in [4.69, 9.17) is 11.6 Å². The molecule has 1 aromatic heterocycles. The molecule has 0 spiro atoms. The summed E-state index contributed by atoms with van der Waals surface area (Å²) in [6, 6.07) is 4.63. The molecule has 3 heteroatoms. The number of pyridine rings is 1. The van der Waals surface area contributed by atoms with Crippen molar-refractivity contribution in [2.45, 2.75) is 51.5 Å². The largest absolute Gasteiger partial charge is 0.356 e. The number of hydrogen-bond acceptors (Lipinski definition) is 2. The van der Waals surface area contributed by atoms with Crippen molar-refractivity contribution in [1.82, 2.24) is 4.98 Å². The summed E-state index contributed by atoms with van der Waals surface area (Å²) in [5.74, 6) is 1.59. The fourth-order valence-corrected chi connectivity index (χ4v) is 3.01. The first kappa shape index (κ1) is 13.7. The van der Waals surface area contributed by atoms with E-state index < -0.39 is 0 Å². The molecule has 1 aromatic rings. The van der Waals surface area contributed by atoms with Gasteiger partial charge in [0, 0.05) is 24.8 Å². The molecule has 1 fully saturated rings. The lowest BCUT2D eigenvalue weighted by Crippen LogP contribution is -2.38. The van der Waals surface area contributed by atoms with Crippen molar-refractivity contribution in [1.29, 1.82) is 0 Å². The SMILES string of the molecule is CN(c1ncccc1CCl)C1CCC(C)(C)CC1. The first-order valence-electron chi connectivity index (χ1n) is 6.76.